The smallest absolute Gasteiger partial charge is 0.407 e. The fourth-order valence-electron chi connectivity index (χ4n) is 2.53. The number of amides is 2. The maximum Gasteiger partial charge on any atom is 0.407 e. The van der Waals surface area contributed by atoms with Gasteiger partial charge >= 0.3 is 6.09 Å². The number of hydrogen-bond donors (Lipinski definition) is 3. The average molecular weight is 370 g/mol. The average Bonchev–Trinajstić information content (AvgIpc) is 2.94. The van der Waals surface area contributed by atoms with Crippen molar-refractivity contribution < 1.29 is 14.3 Å². The first-order valence-corrected chi connectivity index (χ1v) is 9.58. The van der Waals surface area contributed by atoms with E-state index < -0.39 is 11.7 Å². The topological polar surface area (TPSA) is 95.1 Å². The van der Waals surface area contributed by atoms with Gasteiger partial charge in [-0.2, -0.15) is 0 Å². The van der Waals surface area contributed by atoms with Crippen LogP contribution in [0.15, 0.2) is 4.99 Å². The number of alkyl carbamates (subject to hydrolysis) is 1. The molecule has 1 aliphatic heterocycles. The van der Waals surface area contributed by atoms with Crippen LogP contribution in [-0.2, 0) is 9.53 Å². The van der Waals surface area contributed by atoms with Crippen LogP contribution in [0.25, 0.3) is 0 Å². The highest BCUT2D eigenvalue weighted by Crippen LogP contribution is 2.09. The van der Waals surface area contributed by atoms with Crippen LogP contribution in [0.3, 0.4) is 0 Å². The van der Waals surface area contributed by atoms with E-state index in [0.717, 1.165) is 44.9 Å². The third kappa shape index (κ3) is 10.1. The molecule has 0 aromatic rings. The van der Waals surface area contributed by atoms with Crippen molar-refractivity contribution in [2.24, 2.45) is 4.99 Å². The Balaban J connectivity index is 2.17. The molecule has 0 aliphatic carbocycles. The Labute approximate surface area is 157 Å². The molecule has 0 radical (unpaired) electrons. The van der Waals surface area contributed by atoms with Gasteiger partial charge in [-0.15, -0.1) is 0 Å². The van der Waals surface area contributed by atoms with Crippen molar-refractivity contribution in [2.45, 2.75) is 59.0 Å². The van der Waals surface area contributed by atoms with Crippen molar-refractivity contribution in [3.8, 4) is 0 Å². The summed E-state index contributed by atoms with van der Waals surface area (Å²) in [5, 5.41) is 9.18. The molecule has 8 heteroatoms. The van der Waals surface area contributed by atoms with Gasteiger partial charge in [0.2, 0.25) is 5.91 Å². The molecule has 1 fully saturated rings. The molecule has 0 saturated carbocycles. The Morgan fingerprint density at radius 1 is 1.19 bits per heavy atom. The molecule has 0 bridgehead atoms. The number of hydrogen-bond acceptors (Lipinski definition) is 4. The lowest BCUT2D eigenvalue weighted by Gasteiger charge is -2.19. The molecule has 1 aliphatic rings. The van der Waals surface area contributed by atoms with E-state index in [9.17, 15) is 9.59 Å². The maximum absolute atomic E-state index is 11.6. The fraction of sp³-hybridized carbons (Fsp3) is 0.833. The molecular weight excluding hydrogens is 334 g/mol. The Morgan fingerprint density at radius 2 is 1.92 bits per heavy atom. The van der Waals surface area contributed by atoms with Gasteiger partial charge in [0, 0.05) is 45.7 Å². The number of aliphatic imine (C=N–C) groups is 1. The van der Waals surface area contributed by atoms with Gasteiger partial charge in [0.25, 0.3) is 0 Å². The van der Waals surface area contributed by atoms with E-state index in [1.165, 1.54) is 0 Å². The highest BCUT2D eigenvalue weighted by Gasteiger charge is 2.19. The minimum atomic E-state index is -0.479. The van der Waals surface area contributed by atoms with E-state index in [4.69, 9.17) is 4.74 Å². The molecule has 0 aromatic heterocycles. The summed E-state index contributed by atoms with van der Waals surface area (Å²) in [7, 11) is 0. The minimum Gasteiger partial charge on any atom is -0.444 e. The second-order valence-corrected chi connectivity index (χ2v) is 7.31. The SMILES string of the molecule is CCNC(=NCCCN1CCCC1=O)NCCCNC(=O)OC(C)(C)C. The number of carbonyl (C=O) groups excluding carboxylic acids is 2. The van der Waals surface area contributed by atoms with Crippen LogP contribution in [0, 0.1) is 0 Å². The van der Waals surface area contributed by atoms with Gasteiger partial charge in [-0.1, -0.05) is 0 Å². The van der Waals surface area contributed by atoms with Crippen LogP contribution < -0.4 is 16.0 Å². The zero-order valence-corrected chi connectivity index (χ0v) is 16.7. The summed E-state index contributed by atoms with van der Waals surface area (Å²) in [6.07, 6.45) is 2.90. The number of rotatable bonds is 9. The number of carbonyl (C=O) groups is 2. The highest BCUT2D eigenvalue weighted by atomic mass is 16.6. The van der Waals surface area contributed by atoms with Crippen LogP contribution in [0.4, 0.5) is 4.79 Å². The van der Waals surface area contributed by atoms with Gasteiger partial charge in [0.1, 0.15) is 5.60 Å². The van der Waals surface area contributed by atoms with Gasteiger partial charge in [-0.25, -0.2) is 4.79 Å². The van der Waals surface area contributed by atoms with Crippen molar-refractivity contribution in [2.75, 3.05) is 39.3 Å². The fourth-order valence-corrected chi connectivity index (χ4v) is 2.53. The third-order valence-electron chi connectivity index (χ3n) is 3.69. The van der Waals surface area contributed by atoms with Crippen molar-refractivity contribution >= 4 is 18.0 Å². The zero-order valence-electron chi connectivity index (χ0n) is 16.7. The predicted molar refractivity (Wildman–Crippen MR) is 103 cm³/mol. The molecule has 0 atom stereocenters. The first-order valence-electron chi connectivity index (χ1n) is 9.58. The molecule has 8 nitrogen and oxygen atoms in total. The summed E-state index contributed by atoms with van der Waals surface area (Å²) in [6.45, 7) is 11.9. The van der Waals surface area contributed by atoms with Gasteiger partial charge in [-0.05, 0) is 47.0 Å². The summed E-state index contributed by atoms with van der Waals surface area (Å²) >= 11 is 0. The Kier molecular flexibility index (Phi) is 9.83. The molecule has 1 saturated heterocycles. The lowest BCUT2D eigenvalue weighted by Crippen LogP contribution is -2.39. The standard InChI is InChI=1S/C18H35N5O3/c1-5-19-16(21-12-8-14-23-13-6-9-15(23)24)20-10-7-11-22-17(25)26-18(2,3)4/h5-14H2,1-4H3,(H,22,25)(H2,19,20,21). The number of guanidine groups is 1. The van der Waals surface area contributed by atoms with Gasteiger partial charge < -0.3 is 25.6 Å². The normalized spacial score (nSPS) is 15.2. The van der Waals surface area contributed by atoms with E-state index in [0.29, 0.717) is 26.1 Å². The molecule has 150 valence electrons. The lowest BCUT2D eigenvalue weighted by molar-refractivity contribution is -0.127. The molecule has 3 N–H and O–H groups in total. The molecule has 1 rings (SSSR count). The first-order chi connectivity index (χ1) is 12.3. The summed E-state index contributed by atoms with van der Waals surface area (Å²) in [5.41, 5.74) is -0.479. The quantitative estimate of drug-likeness (QED) is 0.325. The Hall–Kier alpha value is -1.99. The first kappa shape index (κ1) is 22.1. The third-order valence-corrected chi connectivity index (χ3v) is 3.69. The summed E-state index contributed by atoms with van der Waals surface area (Å²) in [4.78, 5) is 29.5. The maximum atomic E-state index is 11.6. The number of ether oxygens (including phenoxy) is 1. The molecule has 0 aromatic carbocycles. The highest BCUT2D eigenvalue weighted by molar-refractivity contribution is 5.79. The van der Waals surface area contributed by atoms with Crippen LogP contribution >= 0.6 is 0 Å². The second kappa shape index (κ2) is 11.6. The predicted octanol–water partition coefficient (Wildman–Crippen LogP) is 1.47. The number of likely N-dealkylation sites (tertiary alicyclic amines) is 1. The van der Waals surface area contributed by atoms with Crippen LogP contribution in [0.5, 0.6) is 0 Å². The van der Waals surface area contributed by atoms with Crippen LogP contribution in [0.2, 0.25) is 0 Å². The van der Waals surface area contributed by atoms with Crippen LogP contribution in [0.1, 0.15) is 53.4 Å². The van der Waals surface area contributed by atoms with E-state index in [1.54, 1.807) is 0 Å². The Morgan fingerprint density at radius 3 is 2.54 bits per heavy atom. The van der Waals surface area contributed by atoms with Gasteiger partial charge in [0.15, 0.2) is 5.96 Å². The summed E-state index contributed by atoms with van der Waals surface area (Å²) < 4.78 is 5.18. The van der Waals surface area contributed by atoms with E-state index >= 15 is 0 Å². The molecular formula is C18H35N5O3. The number of nitrogens with zero attached hydrogens (tertiary/aromatic N) is 2. The monoisotopic (exact) mass is 369 g/mol. The van der Waals surface area contributed by atoms with Gasteiger partial charge in [0.05, 0.1) is 0 Å². The molecule has 2 amide bonds. The van der Waals surface area contributed by atoms with Crippen molar-refractivity contribution in [1.82, 2.24) is 20.9 Å². The zero-order chi connectivity index (χ0) is 19.4. The molecule has 0 unspecified atom stereocenters. The lowest BCUT2D eigenvalue weighted by atomic mass is 10.2. The largest absolute Gasteiger partial charge is 0.444 e. The van der Waals surface area contributed by atoms with Gasteiger partial charge in [-0.3, -0.25) is 9.79 Å². The van der Waals surface area contributed by atoms with Crippen molar-refractivity contribution in [3.05, 3.63) is 0 Å². The Bertz CT molecular complexity index is 474. The molecule has 1 heterocycles. The summed E-state index contributed by atoms with van der Waals surface area (Å²) in [5.74, 6) is 1.02. The number of nitrogens with one attached hydrogen (secondary N) is 3. The van der Waals surface area contributed by atoms with Crippen LogP contribution in [-0.4, -0.2) is 67.7 Å². The van der Waals surface area contributed by atoms with Crippen molar-refractivity contribution in [1.29, 1.82) is 0 Å². The summed E-state index contributed by atoms with van der Waals surface area (Å²) in [6, 6.07) is 0. The minimum absolute atomic E-state index is 0.261. The second-order valence-electron chi connectivity index (χ2n) is 7.31. The van der Waals surface area contributed by atoms with E-state index in [2.05, 4.69) is 20.9 Å². The molecule has 26 heavy (non-hydrogen) atoms. The van der Waals surface area contributed by atoms with E-state index in [1.807, 2.05) is 32.6 Å². The van der Waals surface area contributed by atoms with E-state index in [-0.39, 0.29) is 5.91 Å². The van der Waals surface area contributed by atoms with Crippen molar-refractivity contribution in [3.63, 3.8) is 0 Å². The molecule has 0 spiro atoms.